The first-order chi connectivity index (χ1) is 17.8. The van der Waals surface area contributed by atoms with Crippen molar-refractivity contribution >= 4 is 68.7 Å². The molecule has 11 heteroatoms. The molecule has 2 aromatic heterocycles. The number of hydrogen-bond donors (Lipinski definition) is 0. The Morgan fingerprint density at radius 3 is 2.46 bits per heavy atom. The van der Waals surface area contributed by atoms with E-state index in [4.69, 9.17) is 13.3 Å². The van der Waals surface area contributed by atoms with Crippen LogP contribution in [0.15, 0.2) is 69.9 Å². The van der Waals surface area contributed by atoms with E-state index in [2.05, 4.69) is 0 Å². The second-order valence-electron chi connectivity index (χ2n) is 8.55. The molecule has 2 unspecified atom stereocenters. The number of nitrogens with zero attached hydrogens (tertiary/aromatic N) is 1. The SMILES string of the molecule is O=c1cc(N2CCOCC2)oc2c(-c3cccc4c3sc3ccc(OS(=O)C(F)(F)P)cc34)cccc12. The number of halogens is 2. The molecule has 1 saturated heterocycles. The molecule has 1 aliphatic rings. The van der Waals surface area contributed by atoms with Crippen LogP contribution in [0.2, 0.25) is 0 Å². The number of alkyl halides is 2. The Balaban J connectivity index is 1.50. The normalized spacial score (nSPS) is 15.5. The number of fused-ring (bicyclic) bond motifs is 4. The lowest BCUT2D eigenvalue weighted by Gasteiger charge is -2.27. The van der Waals surface area contributed by atoms with Gasteiger partial charge in [-0.3, -0.25) is 4.79 Å². The Morgan fingerprint density at radius 1 is 0.973 bits per heavy atom. The van der Waals surface area contributed by atoms with Crippen molar-refractivity contribution in [1.82, 2.24) is 0 Å². The van der Waals surface area contributed by atoms with E-state index in [0.29, 0.717) is 43.2 Å². The van der Waals surface area contributed by atoms with Gasteiger partial charge in [0, 0.05) is 50.5 Å². The van der Waals surface area contributed by atoms with Gasteiger partial charge in [-0.1, -0.05) is 30.3 Å². The zero-order valence-corrected chi connectivity index (χ0v) is 22.0. The fraction of sp³-hybridized carbons (Fsp3) is 0.192. The first kappa shape index (κ1) is 24.4. The van der Waals surface area contributed by atoms with Crippen LogP contribution in [0.25, 0.3) is 42.3 Å². The van der Waals surface area contributed by atoms with Gasteiger partial charge in [0.05, 0.1) is 18.6 Å². The van der Waals surface area contributed by atoms with Gasteiger partial charge in [0.1, 0.15) is 11.3 Å². The molecular formula is C26H20F2NO5PS2. The standard InChI is InChI=1S/C26H20F2NO5PS2/c27-26(28,35)37(31)34-15-7-8-22-20(13-15)18-5-2-4-17(25(18)36-22)16-3-1-6-19-21(30)14-23(33-24(16)19)29-9-11-32-12-10-29/h1-8,13-14H,9-12,35H2. The van der Waals surface area contributed by atoms with Crippen LogP contribution in [-0.4, -0.2) is 35.5 Å². The van der Waals surface area contributed by atoms with E-state index >= 15 is 0 Å². The van der Waals surface area contributed by atoms with Crippen LogP contribution >= 0.6 is 20.6 Å². The molecule has 3 heterocycles. The zero-order chi connectivity index (χ0) is 25.7. The molecule has 6 rings (SSSR count). The van der Waals surface area contributed by atoms with Gasteiger partial charge < -0.3 is 18.2 Å². The number of thiophene rings is 1. The van der Waals surface area contributed by atoms with Crippen molar-refractivity contribution in [1.29, 1.82) is 0 Å². The number of anilines is 1. The summed E-state index contributed by atoms with van der Waals surface area (Å²) in [6.45, 7) is 2.41. The monoisotopic (exact) mass is 559 g/mol. The molecule has 5 aromatic rings. The number of ether oxygens (including phenoxy) is 1. The van der Waals surface area contributed by atoms with Crippen LogP contribution in [-0.2, 0) is 15.8 Å². The van der Waals surface area contributed by atoms with Crippen molar-refractivity contribution in [3.8, 4) is 16.9 Å². The molecule has 0 radical (unpaired) electrons. The van der Waals surface area contributed by atoms with Crippen molar-refractivity contribution in [2.45, 2.75) is 5.00 Å². The van der Waals surface area contributed by atoms with E-state index in [1.54, 1.807) is 18.2 Å². The predicted octanol–water partition coefficient (Wildman–Crippen LogP) is 6.13. The Morgan fingerprint density at radius 2 is 1.70 bits per heavy atom. The number of morpholine rings is 1. The van der Waals surface area contributed by atoms with Crippen molar-refractivity contribution in [3.63, 3.8) is 0 Å². The van der Waals surface area contributed by atoms with Crippen molar-refractivity contribution in [2.75, 3.05) is 31.2 Å². The topological polar surface area (TPSA) is 69.0 Å². The minimum Gasteiger partial charge on any atom is -0.440 e. The van der Waals surface area contributed by atoms with Gasteiger partial charge in [0.2, 0.25) is 0 Å². The molecule has 2 atom stereocenters. The Kier molecular flexibility index (Phi) is 6.23. The smallest absolute Gasteiger partial charge is 0.366 e. The molecule has 0 amide bonds. The van der Waals surface area contributed by atoms with Gasteiger partial charge in [-0.2, -0.15) is 8.78 Å². The number of rotatable bonds is 5. The summed E-state index contributed by atoms with van der Waals surface area (Å²) in [5.41, 5.74) is 2.05. The maximum Gasteiger partial charge on any atom is 0.366 e. The number of hydrogen-bond acceptors (Lipinski definition) is 7. The van der Waals surface area contributed by atoms with Crippen molar-refractivity contribution in [2.24, 2.45) is 0 Å². The molecule has 3 aromatic carbocycles. The third-order valence-corrected chi connectivity index (χ3v) is 8.80. The molecular weight excluding hydrogens is 539 g/mol. The van der Waals surface area contributed by atoms with E-state index in [0.717, 1.165) is 31.3 Å². The van der Waals surface area contributed by atoms with E-state index in [1.807, 2.05) is 35.2 Å². The highest BCUT2D eigenvalue weighted by atomic mass is 32.2. The fourth-order valence-electron chi connectivity index (χ4n) is 4.50. The summed E-state index contributed by atoms with van der Waals surface area (Å²) in [6, 6.07) is 17.7. The van der Waals surface area contributed by atoms with Crippen LogP contribution in [0.3, 0.4) is 0 Å². The maximum absolute atomic E-state index is 13.4. The molecule has 0 bridgehead atoms. The van der Waals surface area contributed by atoms with Crippen LogP contribution < -0.4 is 14.5 Å². The predicted molar refractivity (Wildman–Crippen MR) is 147 cm³/mol. The third-order valence-electron chi connectivity index (χ3n) is 6.22. The summed E-state index contributed by atoms with van der Waals surface area (Å²) in [7, 11) is 1.23. The Bertz CT molecular complexity index is 1740. The first-order valence-corrected chi connectivity index (χ1v) is 13.9. The van der Waals surface area contributed by atoms with Gasteiger partial charge in [-0.05, 0) is 33.5 Å². The van der Waals surface area contributed by atoms with Gasteiger partial charge in [0.25, 0.3) is 11.1 Å². The van der Waals surface area contributed by atoms with Crippen LogP contribution in [0, 0.1) is 0 Å². The highest BCUT2D eigenvalue weighted by Gasteiger charge is 2.33. The Labute approximate surface area is 218 Å². The van der Waals surface area contributed by atoms with Crippen LogP contribution in [0.4, 0.5) is 14.7 Å². The van der Waals surface area contributed by atoms with Crippen molar-refractivity contribution in [3.05, 3.63) is 70.9 Å². The second kappa shape index (κ2) is 9.44. The summed E-state index contributed by atoms with van der Waals surface area (Å²) < 4.78 is 57.1. The highest BCUT2D eigenvalue weighted by molar-refractivity contribution is 7.86. The second-order valence-corrected chi connectivity index (χ2v) is 11.9. The molecule has 0 spiro atoms. The van der Waals surface area contributed by atoms with Crippen LogP contribution in [0.5, 0.6) is 5.75 Å². The quantitative estimate of drug-likeness (QED) is 0.241. The molecule has 190 valence electrons. The molecule has 1 aliphatic heterocycles. The summed E-state index contributed by atoms with van der Waals surface area (Å²) in [4.78, 5) is 11.5. The highest BCUT2D eigenvalue weighted by Crippen LogP contribution is 2.43. The first-order valence-electron chi connectivity index (χ1n) is 11.4. The molecule has 0 saturated carbocycles. The van der Waals surface area contributed by atoms with Gasteiger partial charge in [-0.15, -0.1) is 11.3 Å². The molecule has 0 N–H and O–H groups in total. The summed E-state index contributed by atoms with van der Waals surface area (Å²) >= 11 is -1.30. The summed E-state index contributed by atoms with van der Waals surface area (Å²) in [5.74, 6) is 0.599. The van der Waals surface area contributed by atoms with Gasteiger partial charge in [0.15, 0.2) is 11.3 Å². The fourth-order valence-corrected chi connectivity index (χ4v) is 6.25. The third kappa shape index (κ3) is 4.52. The minimum absolute atomic E-state index is 0.0874. The van der Waals surface area contributed by atoms with Gasteiger partial charge >= 0.3 is 5.00 Å². The average molecular weight is 560 g/mol. The molecule has 0 aliphatic carbocycles. The molecule has 37 heavy (non-hydrogen) atoms. The zero-order valence-electron chi connectivity index (χ0n) is 19.2. The number of benzene rings is 3. The lowest BCUT2D eigenvalue weighted by molar-refractivity contribution is 0.121. The summed E-state index contributed by atoms with van der Waals surface area (Å²) in [6.07, 6.45) is 0. The van der Waals surface area contributed by atoms with E-state index < -0.39 is 16.1 Å². The van der Waals surface area contributed by atoms with E-state index in [-0.39, 0.29) is 11.2 Å². The largest absolute Gasteiger partial charge is 0.440 e. The average Bonchev–Trinajstić information content (AvgIpc) is 3.26. The lowest BCUT2D eigenvalue weighted by Crippen LogP contribution is -2.36. The van der Waals surface area contributed by atoms with Gasteiger partial charge in [-0.25, -0.2) is 4.21 Å². The van der Waals surface area contributed by atoms with E-state index in [1.165, 1.54) is 32.7 Å². The van der Waals surface area contributed by atoms with E-state index in [9.17, 15) is 17.8 Å². The summed E-state index contributed by atoms with van der Waals surface area (Å²) in [5, 5.41) is 2.17. The number of para-hydroxylation sites is 1. The molecule has 1 fully saturated rings. The lowest BCUT2D eigenvalue weighted by atomic mass is 10.0. The van der Waals surface area contributed by atoms with Crippen molar-refractivity contribution < 1.29 is 26.3 Å². The molecule has 6 nitrogen and oxygen atoms in total. The minimum atomic E-state index is -3.56. The van der Waals surface area contributed by atoms with Crippen LogP contribution in [0.1, 0.15) is 0 Å². The Hall–Kier alpha value is -2.91. The maximum atomic E-state index is 13.4.